The van der Waals surface area contributed by atoms with Gasteiger partial charge in [-0.25, -0.2) is 9.37 Å². The number of nitriles is 1. The van der Waals surface area contributed by atoms with Gasteiger partial charge in [-0.05, 0) is 49.6 Å². The zero-order chi connectivity index (χ0) is 26.5. The smallest absolute Gasteiger partial charge is 0.398 e. The standard InChI is InChI=1S/C25H20ClF4N5O/c1-11-8-18(32)16(10-31)19(21(11)25(28,29)30)20-17(27)9-15-14(22(20)26)5-7-35(24(15)36)12(2)13-4-3-6-34-23(13)33/h3-4,6,8-9,12H,5,7,32H2,1-2H3,(H2,33,34). The molecule has 0 radical (unpaired) electrons. The van der Waals surface area contributed by atoms with E-state index in [9.17, 15) is 23.2 Å². The van der Waals surface area contributed by atoms with Gasteiger partial charge < -0.3 is 16.4 Å². The van der Waals surface area contributed by atoms with Gasteiger partial charge >= 0.3 is 6.18 Å². The van der Waals surface area contributed by atoms with Crippen LogP contribution in [0.4, 0.5) is 29.1 Å². The van der Waals surface area contributed by atoms with Crippen molar-refractivity contribution in [3.63, 3.8) is 0 Å². The van der Waals surface area contributed by atoms with Crippen molar-refractivity contribution in [2.45, 2.75) is 32.5 Å². The lowest BCUT2D eigenvalue weighted by Gasteiger charge is -2.35. The van der Waals surface area contributed by atoms with E-state index in [4.69, 9.17) is 23.1 Å². The van der Waals surface area contributed by atoms with Gasteiger partial charge in [-0.2, -0.15) is 18.4 Å². The molecule has 186 valence electrons. The molecule has 2 heterocycles. The topological polar surface area (TPSA) is 109 Å². The quantitative estimate of drug-likeness (QED) is 0.344. The molecule has 0 fully saturated rings. The Morgan fingerprint density at radius 1 is 1.25 bits per heavy atom. The number of nitrogens with two attached hydrogens (primary N) is 2. The van der Waals surface area contributed by atoms with Gasteiger partial charge in [-0.1, -0.05) is 17.7 Å². The maximum Gasteiger partial charge on any atom is 0.417 e. The molecule has 1 amide bonds. The first kappa shape index (κ1) is 25.3. The molecule has 0 bridgehead atoms. The average molecular weight is 518 g/mol. The summed E-state index contributed by atoms with van der Waals surface area (Å²) in [5.41, 5.74) is 8.86. The predicted octanol–water partition coefficient (Wildman–Crippen LogP) is 5.66. The van der Waals surface area contributed by atoms with Gasteiger partial charge in [0.25, 0.3) is 5.91 Å². The van der Waals surface area contributed by atoms with Crippen molar-refractivity contribution >= 4 is 29.0 Å². The van der Waals surface area contributed by atoms with Crippen LogP contribution in [-0.2, 0) is 12.6 Å². The minimum atomic E-state index is -4.92. The van der Waals surface area contributed by atoms with Crippen LogP contribution in [0.3, 0.4) is 0 Å². The molecule has 3 aromatic rings. The van der Waals surface area contributed by atoms with E-state index in [2.05, 4.69) is 4.98 Å². The van der Waals surface area contributed by atoms with Gasteiger partial charge in [0.1, 0.15) is 17.7 Å². The summed E-state index contributed by atoms with van der Waals surface area (Å²) in [6, 6.07) is 6.42. The molecular formula is C25H20ClF4N5O. The van der Waals surface area contributed by atoms with Crippen LogP contribution in [0, 0.1) is 24.1 Å². The molecule has 1 atom stereocenters. The lowest BCUT2D eigenvalue weighted by Crippen LogP contribution is -2.40. The van der Waals surface area contributed by atoms with Crippen molar-refractivity contribution in [2.24, 2.45) is 0 Å². The second-order valence-electron chi connectivity index (χ2n) is 8.49. The van der Waals surface area contributed by atoms with E-state index >= 15 is 4.39 Å². The highest BCUT2D eigenvalue weighted by molar-refractivity contribution is 6.35. The number of hydrogen-bond acceptors (Lipinski definition) is 5. The summed E-state index contributed by atoms with van der Waals surface area (Å²) in [6.45, 7) is 3.06. The van der Waals surface area contributed by atoms with Gasteiger partial charge in [0.2, 0.25) is 0 Å². The van der Waals surface area contributed by atoms with Crippen molar-refractivity contribution in [3.05, 3.63) is 74.7 Å². The summed E-state index contributed by atoms with van der Waals surface area (Å²) >= 11 is 6.50. The van der Waals surface area contributed by atoms with Crippen molar-refractivity contribution in [1.82, 2.24) is 9.88 Å². The number of fused-ring (bicyclic) bond motifs is 1. The van der Waals surface area contributed by atoms with Crippen LogP contribution in [0.25, 0.3) is 11.1 Å². The van der Waals surface area contributed by atoms with Crippen LogP contribution in [-0.4, -0.2) is 22.3 Å². The van der Waals surface area contributed by atoms with Crippen LogP contribution >= 0.6 is 11.6 Å². The van der Waals surface area contributed by atoms with E-state index in [1.54, 1.807) is 25.1 Å². The van der Waals surface area contributed by atoms with E-state index in [0.29, 0.717) is 5.56 Å². The largest absolute Gasteiger partial charge is 0.417 e. The number of hydrogen-bond donors (Lipinski definition) is 2. The maximum atomic E-state index is 15.6. The summed E-state index contributed by atoms with van der Waals surface area (Å²) in [6.07, 6.45) is -3.27. The van der Waals surface area contributed by atoms with E-state index in [0.717, 1.165) is 12.1 Å². The lowest BCUT2D eigenvalue weighted by molar-refractivity contribution is -0.137. The zero-order valence-electron chi connectivity index (χ0n) is 19.2. The molecule has 36 heavy (non-hydrogen) atoms. The average Bonchev–Trinajstić information content (AvgIpc) is 2.79. The molecule has 4 rings (SSSR count). The van der Waals surface area contributed by atoms with Crippen LogP contribution < -0.4 is 11.5 Å². The molecule has 6 nitrogen and oxygen atoms in total. The van der Waals surface area contributed by atoms with Crippen LogP contribution in [0.15, 0.2) is 30.5 Å². The number of pyridine rings is 1. The molecule has 1 aliphatic rings. The number of alkyl halides is 3. The lowest BCUT2D eigenvalue weighted by atomic mass is 9.86. The monoisotopic (exact) mass is 517 g/mol. The number of carbonyl (C=O) groups excluding carboxylic acids is 1. The SMILES string of the molecule is Cc1cc(N)c(C#N)c(-c2c(F)cc3c(c2Cl)CCN(C(C)c2cccnc2N)C3=O)c1C(F)(F)F. The third-order valence-corrected chi connectivity index (χ3v) is 6.82. The highest BCUT2D eigenvalue weighted by Crippen LogP contribution is 2.47. The molecule has 0 saturated carbocycles. The number of anilines is 2. The number of carbonyl (C=O) groups is 1. The first-order valence-electron chi connectivity index (χ1n) is 10.8. The normalized spacial score (nSPS) is 14.4. The van der Waals surface area contributed by atoms with Crippen LogP contribution in [0.5, 0.6) is 0 Å². The van der Waals surface area contributed by atoms with Crippen LogP contribution in [0.1, 0.15) is 51.1 Å². The van der Waals surface area contributed by atoms with Gasteiger partial charge in [0.05, 0.1) is 27.9 Å². The fourth-order valence-electron chi connectivity index (χ4n) is 4.71. The first-order chi connectivity index (χ1) is 16.9. The highest BCUT2D eigenvalue weighted by atomic mass is 35.5. The highest BCUT2D eigenvalue weighted by Gasteiger charge is 2.40. The van der Waals surface area contributed by atoms with E-state index in [1.165, 1.54) is 18.0 Å². The Labute approximate surface area is 209 Å². The van der Waals surface area contributed by atoms with Crippen LogP contribution in [0.2, 0.25) is 5.02 Å². The van der Waals surface area contributed by atoms with Crippen molar-refractivity contribution in [3.8, 4) is 17.2 Å². The van der Waals surface area contributed by atoms with E-state index < -0.39 is 46.2 Å². The summed E-state index contributed by atoms with van der Waals surface area (Å²) in [7, 11) is 0. The zero-order valence-corrected chi connectivity index (χ0v) is 19.9. The number of benzene rings is 2. The molecule has 1 unspecified atom stereocenters. The van der Waals surface area contributed by atoms with Gasteiger partial charge in [0.15, 0.2) is 0 Å². The number of aromatic nitrogens is 1. The van der Waals surface area contributed by atoms with Gasteiger partial charge in [-0.15, -0.1) is 0 Å². The maximum absolute atomic E-state index is 15.6. The third kappa shape index (κ3) is 3.99. The fourth-order valence-corrected chi connectivity index (χ4v) is 5.09. The second-order valence-corrected chi connectivity index (χ2v) is 8.87. The Morgan fingerprint density at radius 2 is 1.94 bits per heavy atom. The molecule has 0 saturated heterocycles. The molecule has 2 aromatic carbocycles. The van der Waals surface area contributed by atoms with E-state index in [1.807, 2.05) is 0 Å². The molecule has 0 aliphatic carbocycles. The second kappa shape index (κ2) is 8.99. The number of nitrogen functional groups attached to an aromatic ring is 2. The number of nitrogens with zero attached hydrogens (tertiary/aromatic N) is 3. The number of amides is 1. The number of aryl methyl sites for hydroxylation is 1. The molecule has 11 heteroatoms. The minimum absolute atomic E-state index is 0.0745. The Kier molecular flexibility index (Phi) is 6.31. The molecule has 0 spiro atoms. The summed E-state index contributed by atoms with van der Waals surface area (Å²) in [5.74, 6) is -1.49. The molecule has 4 N–H and O–H groups in total. The van der Waals surface area contributed by atoms with E-state index in [-0.39, 0.29) is 46.2 Å². The molecular weight excluding hydrogens is 498 g/mol. The van der Waals surface area contributed by atoms with Crippen molar-refractivity contribution in [1.29, 1.82) is 5.26 Å². The summed E-state index contributed by atoms with van der Waals surface area (Å²) in [4.78, 5) is 18.8. The minimum Gasteiger partial charge on any atom is -0.398 e. The Bertz CT molecular complexity index is 1450. The summed E-state index contributed by atoms with van der Waals surface area (Å²) in [5, 5.41) is 9.23. The summed E-state index contributed by atoms with van der Waals surface area (Å²) < 4.78 is 57.7. The number of halogens is 5. The van der Waals surface area contributed by atoms with Crippen molar-refractivity contribution < 1.29 is 22.4 Å². The Morgan fingerprint density at radius 3 is 2.56 bits per heavy atom. The Balaban J connectivity index is 1.91. The molecule has 1 aromatic heterocycles. The number of rotatable bonds is 3. The Hall–Kier alpha value is -3.84. The van der Waals surface area contributed by atoms with Gasteiger partial charge in [-0.3, -0.25) is 4.79 Å². The molecule has 1 aliphatic heterocycles. The predicted molar refractivity (Wildman–Crippen MR) is 128 cm³/mol. The van der Waals surface area contributed by atoms with Crippen molar-refractivity contribution in [2.75, 3.05) is 18.0 Å². The third-order valence-electron chi connectivity index (χ3n) is 6.40. The van der Waals surface area contributed by atoms with Gasteiger partial charge in [0, 0.05) is 35.0 Å². The first-order valence-corrected chi connectivity index (χ1v) is 11.2. The fraction of sp³-hybridized carbons (Fsp3) is 0.240.